The molecule has 1 fully saturated rings. The van der Waals surface area contributed by atoms with Gasteiger partial charge in [-0.25, -0.2) is 17.2 Å². The molecule has 29 heavy (non-hydrogen) atoms. The Kier molecular flexibility index (Phi) is 4.04. The van der Waals surface area contributed by atoms with Gasteiger partial charge in [-0.2, -0.15) is 4.31 Å². The summed E-state index contributed by atoms with van der Waals surface area (Å²) in [5.41, 5.74) is 2.14. The number of rotatable bonds is 2. The van der Waals surface area contributed by atoms with Crippen LogP contribution < -0.4 is 5.32 Å². The smallest absolute Gasteiger partial charge is 0.243 e. The Balaban J connectivity index is 1.45. The molecule has 2 aliphatic heterocycles. The fourth-order valence-electron chi connectivity index (χ4n) is 4.37. The lowest BCUT2D eigenvalue weighted by atomic mass is 9.83. The lowest BCUT2D eigenvalue weighted by Gasteiger charge is -2.45. The number of anilines is 1. The highest BCUT2D eigenvalue weighted by atomic mass is 32.2. The number of benzene rings is 2. The Morgan fingerprint density at radius 2 is 1.62 bits per heavy atom. The Bertz CT molecular complexity index is 1180. The highest BCUT2D eigenvalue weighted by Crippen LogP contribution is 2.44. The third-order valence-corrected chi connectivity index (χ3v) is 7.77. The van der Waals surface area contributed by atoms with Crippen LogP contribution in [0.4, 0.5) is 14.5 Å². The lowest BCUT2D eigenvalue weighted by molar-refractivity contribution is 0.247. The molecule has 1 N–H and O–H groups in total. The van der Waals surface area contributed by atoms with E-state index in [-0.39, 0.29) is 10.7 Å². The lowest BCUT2D eigenvalue weighted by Crippen LogP contribution is -2.51. The molecule has 0 bridgehead atoms. The number of sulfonamides is 1. The van der Waals surface area contributed by atoms with Crippen molar-refractivity contribution in [3.05, 3.63) is 78.1 Å². The van der Waals surface area contributed by atoms with Crippen LogP contribution >= 0.6 is 0 Å². The zero-order valence-electron chi connectivity index (χ0n) is 15.5. The zero-order chi connectivity index (χ0) is 20.2. The second-order valence-electron chi connectivity index (χ2n) is 7.49. The molecule has 0 unspecified atom stereocenters. The standard InChI is InChI=1S/C21H19F2N3O2S/c22-15-3-6-17(7-4-15)29(27,28)25-12-9-21(10-13-25)20-2-1-11-26(20)19-8-5-16(23)14-18(19)24-21/h1-8,11,14,24H,9-10,12-13H2. The van der Waals surface area contributed by atoms with Crippen molar-refractivity contribution in [2.24, 2.45) is 0 Å². The molecule has 2 aliphatic rings. The minimum absolute atomic E-state index is 0.0854. The van der Waals surface area contributed by atoms with E-state index in [1.165, 1.54) is 28.6 Å². The van der Waals surface area contributed by atoms with E-state index in [0.29, 0.717) is 31.6 Å². The van der Waals surface area contributed by atoms with Gasteiger partial charge in [-0.15, -0.1) is 0 Å². The molecule has 5 nitrogen and oxygen atoms in total. The SMILES string of the molecule is O=S(=O)(c1ccc(F)cc1)N1CCC2(CC1)Nc1cc(F)ccc1-n1cccc12. The van der Waals surface area contributed by atoms with E-state index in [4.69, 9.17) is 0 Å². The summed E-state index contributed by atoms with van der Waals surface area (Å²) in [4.78, 5) is 0.0854. The summed E-state index contributed by atoms with van der Waals surface area (Å²) in [6.45, 7) is 0.616. The first-order valence-electron chi connectivity index (χ1n) is 9.41. The average Bonchev–Trinajstić information content (AvgIpc) is 3.20. The normalized spacial score (nSPS) is 18.1. The minimum atomic E-state index is -3.69. The van der Waals surface area contributed by atoms with E-state index in [9.17, 15) is 17.2 Å². The number of nitrogens with one attached hydrogen (secondary N) is 1. The van der Waals surface area contributed by atoms with Crippen molar-refractivity contribution >= 4 is 15.7 Å². The number of nitrogens with zero attached hydrogens (tertiary/aromatic N) is 2. The van der Waals surface area contributed by atoms with Crippen LogP contribution in [0.15, 0.2) is 65.7 Å². The van der Waals surface area contributed by atoms with Crippen LogP contribution in [0.3, 0.4) is 0 Å². The fraction of sp³-hybridized carbons (Fsp3) is 0.238. The molecule has 1 saturated heterocycles. The Morgan fingerprint density at radius 3 is 2.34 bits per heavy atom. The number of aromatic nitrogens is 1. The van der Waals surface area contributed by atoms with E-state index >= 15 is 0 Å². The Morgan fingerprint density at radius 1 is 0.931 bits per heavy atom. The van der Waals surface area contributed by atoms with Crippen LogP contribution in [0.5, 0.6) is 0 Å². The van der Waals surface area contributed by atoms with Crippen LogP contribution in [0, 0.1) is 11.6 Å². The maximum Gasteiger partial charge on any atom is 0.243 e. The van der Waals surface area contributed by atoms with Gasteiger partial charge in [-0.3, -0.25) is 0 Å². The minimum Gasteiger partial charge on any atom is -0.372 e. The van der Waals surface area contributed by atoms with E-state index in [2.05, 4.69) is 5.32 Å². The number of piperidine rings is 1. The van der Waals surface area contributed by atoms with E-state index < -0.39 is 21.4 Å². The summed E-state index contributed by atoms with van der Waals surface area (Å²) in [5.74, 6) is -0.794. The molecule has 0 atom stereocenters. The summed E-state index contributed by atoms with van der Waals surface area (Å²) >= 11 is 0. The quantitative estimate of drug-likeness (QED) is 0.692. The molecule has 3 aromatic rings. The first kappa shape index (κ1) is 18.3. The molecule has 2 aromatic carbocycles. The summed E-state index contributed by atoms with van der Waals surface area (Å²) in [7, 11) is -3.69. The summed E-state index contributed by atoms with van der Waals surface area (Å²) < 4.78 is 56.3. The number of hydrogen-bond acceptors (Lipinski definition) is 3. The fourth-order valence-corrected chi connectivity index (χ4v) is 5.81. The van der Waals surface area contributed by atoms with Gasteiger partial charge in [0.25, 0.3) is 0 Å². The van der Waals surface area contributed by atoms with Crippen molar-refractivity contribution in [1.29, 1.82) is 0 Å². The molecule has 0 saturated carbocycles. The molecule has 8 heteroatoms. The molecular formula is C21H19F2N3O2S. The van der Waals surface area contributed by atoms with Crippen molar-refractivity contribution in [3.63, 3.8) is 0 Å². The second-order valence-corrected chi connectivity index (χ2v) is 9.43. The van der Waals surface area contributed by atoms with Crippen LogP contribution in [0.25, 0.3) is 5.69 Å². The second kappa shape index (κ2) is 6.40. The molecule has 1 spiro atoms. The van der Waals surface area contributed by atoms with Crippen molar-refractivity contribution < 1.29 is 17.2 Å². The number of hydrogen-bond donors (Lipinski definition) is 1. The van der Waals surface area contributed by atoms with E-state index in [1.807, 2.05) is 22.9 Å². The third-order valence-electron chi connectivity index (χ3n) is 5.86. The van der Waals surface area contributed by atoms with Gasteiger partial charge in [0.2, 0.25) is 10.0 Å². The van der Waals surface area contributed by atoms with Crippen molar-refractivity contribution in [3.8, 4) is 5.69 Å². The topological polar surface area (TPSA) is 54.3 Å². The molecule has 3 heterocycles. The first-order chi connectivity index (χ1) is 13.9. The predicted molar refractivity (Wildman–Crippen MR) is 105 cm³/mol. The van der Waals surface area contributed by atoms with Crippen molar-refractivity contribution in [1.82, 2.24) is 8.87 Å². The molecule has 150 valence electrons. The molecule has 1 aromatic heterocycles. The predicted octanol–water partition coefficient (Wildman–Crippen LogP) is 3.86. The molecule has 5 rings (SSSR count). The van der Waals surface area contributed by atoms with Gasteiger partial charge >= 0.3 is 0 Å². The third kappa shape index (κ3) is 2.86. The molecule has 0 radical (unpaired) electrons. The van der Waals surface area contributed by atoms with Crippen molar-refractivity contribution in [2.45, 2.75) is 23.3 Å². The van der Waals surface area contributed by atoms with E-state index in [1.54, 1.807) is 6.07 Å². The zero-order valence-corrected chi connectivity index (χ0v) is 16.3. The van der Waals surface area contributed by atoms with Gasteiger partial charge in [-0.05, 0) is 67.4 Å². The first-order valence-corrected chi connectivity index (χ1v) is 10.8. The van der Waals surface area contributed by atoms with Crippen LogP contribution in [0.1, 0.15) is 18.5 Å². The maximum absolute atomic E-state index is 13.8. The molecule has 0 amide bonds. The van der Waals surface area contributed by atoms with Crippen LogP contribution in [0.2, 0.25) is 0 Å². The van der Waals surface area contributed by atoms with Crippen molar-refractivity contribution in [2.75, 3.05) is 18.4 Å². The molecule has 0 aliphatic carbocycles. The van der Waals surface area contributed by atoms with Gasteiger partial charge in [-0.1, -0.05) is 0 Å². The number of fused-ring (bicyclic) bond motifs is 4. The Hall–Kier alpha value is -2.71. The van der Waals surface area contributed by atoms with Crippen LogP contribution in [-0.2, 0) is 15.6 Å². The molecular weight excluding hydrogens is 396 g/mol. The summed E-state index contributed by atoms with van der Waals surface area (Å²) in [5, 5.41) is 3.48. The number of halogens is 2. The van der Waals surface area contributed by atoms with Gasteiger partial charge in [0, 0.05) is 25.0 Å². The van der Waals surface area contributed by atoms with E-state index in [0.717, 1.165) is 23.5 Å². The maximum atomic E-state index is 13.8. The monoisotopic (exact) mass is 415 g/mol. The average molecular weight is 415 g/mol. The Labute approximate surface area is 167 Å². The largest absolute Gasteiger partial charge is 0.372 e. The van der Waals surface area contributed by atoms with Gasteiger partial charge in [0.15, 0.2) is 0 Å². The van der Waals surface area contributed by atoms with Gasteiger partial charge < -0.3 is 9.88 Å². The highest BCUT2D eigenvalue weighted by molar-refractivity contribution is 7.89. The van der Waals surface area contributed by atoms with Gasteiger partial charge in [0.05, 0.1) is 21.8 Å². The summed E-state index contributed by atoms with van der Waals surface area (Å²) in [6.07, 6.45) is 3.01. The summed E-state index contributed by atoms with van der Waals surface area (Å²) in [6, 6.07) is 13.5. The van der Waals surface area contributed by atoms with Crippen LogP contribution in [-0.4, -0.2) is 30.4 Å². The van der Waals surface area contributed by atoms with Gasteiger partial charge in [0.1, 0.15) is 11.6 Å². The highest BCUT2D eigenvalue weighted by Gasteiger charge is 2.43.